The maximum atomic E-state index is 5.70. The Bertz CT molecular complexity index is 479. The molecule has 2 unspecified atom stereocenters. The van der Waals surface area contributed by atoms with Gasteiger partial charge in [0.2, 0.25) is 0 Å². The van der Waals surface area contributed by atoms with Crippen molar-refractivity contribution in [3.8, 4) is 0 Å². The van der Waals surface area contributed by atoms with Gasteiger partial charge in [-0.25, -0.2) is 0 Å². The summed E-state index contributed by atoms with van der Waals surface area (Å²) in [5.74, 6) is 2.31. The van der Waals surface area contributed by atoms with Gasteiger partial charge in [0.05, 0.1) is 19.8 Å². The minimum Gasteiger partial charge on any atom is -0.381 e. The van der Waals surface area contributed by atoms with E-state index in [0.29, 0.717) is 17.4 Å². The second-order valence-corrected chi connectivity index (χ2v) is 9.45. The van der Waals surface area contributed by atoms with Gasteiger partial charge in [-0.05, 0) is 37.0 Å². The molecule has 6 nitrogen and oxygen atoms in total. The van der Waals surface area contributed by atoms with Crippen molar-refractivity contribution in [2.45, 2.75) is 58.4 Å². The molecule has 162 valence electrons. The Labute approximate surface area is 171 Å². The van der Waals surface area contributed by atoms with Crippen LogP contribution in [-0.4, -0.2) is 76.6 Å². The molecule has 2 saturated heterocycles. The number of rotatable bonds is 8. The number of guanidine groups is 1. The van der Waals surface area contributed by atoms with Gasteiger partial charge in [-0.1, -0.05) is 26.7 Å². The zero-order valence-corrected chi connectivity index (χ0v) is 18.3. The number of nitrogens with one attached hydrogen (secondary N) is 2. The third-order valence-corrected chi connectivity index (χ3v) is 6.86. The summed E-state index contributed by atoms with van der Waals surface area (Å²) in [4.78, 5) is 7.11. The fraction of sp³-hybridized carbons (Fsp3) is 0.955. The van der Waals surface area contributed by atoms with E-state index < -0.39 is 0 Å². The largest absolute Gasteiger partial charge is 0.381 e. The van der Waals surface area contributed by atoms with Crippen LogP contribution in [0.4, 0.5) is 0 Å². The maximum Gasteiger partial charge on any atom is 0.191 e. The lowest BCUT2D eigenvalue weighted by molar-refractivity contribution is 0.00245. The number of aliphatic imine (C=N–C) groups is 1. The Hall–Kier alpha value is -0.850. The third kappa shape index (κ3) is 6.07. The first-order valence-electron chi connectivity index (χ1n) is 11.5. The van der Waals surface area contributed by atoms with Gasteiger partial charge in [0.15, 0.2) is 5.96 Å². The number of hydrogen-bond acceptors (Lipinski definition) is 4. The highest BCUT2D eigenvalue weighted by atomic mass is 16.5. The Kier molecular flexibility index (Phi) is 8.42. The molecule has 0 amide bonds. The van der Waals surface area contributed by atoms with E-state index in [1.54, 1.807) is 0 Å². The van der Waals surface area contributed by atoms with Crippen LogP contribution in [0.3, 0.4) is 0 Å². The fourth-order valence-corrected chi connectivity index (χ4v) is 5.50. The first-order valence-corrected chi connectivity index (χ1v) is 11.5. The van der Waals surface area contributed by atoms with Crippen molar-refractivity contribution in [1.82, 2.24) is 15.5 Å². The lowest BCUT2D eigenvalue weighted by Gasteiger charge is -2.38. The summed E-state index contributed by atoms with van der Waals surface area (Å²) in [6.45, 7) is 12.2. The smallest absolute Gasteiger partial charge is 0.191 e. The Morgan fingerprint density at radius 3 is 2.46 bits per heavy atom. The molecule has 0 bridgehead atoms. The molecule has 3 fully saturated rings. The van der Waals surface area contributed by atoms with Crippen LogP contribution in [0.1, 0.15) is 52.4 Å². The van der Waals surface area contributed by atoms with E-state index in [9.17, 15) is 0 Å². The molecule has 1 saturated carbocycles. The molecule has 0 aromatic carbocycles. The van der Waals surface area contributed by atoms with Crippen LogP contribution in [0.15, 0.2) is 4.99 Å². The maximum absolute atomic E-state index is 5.70. The van der Waals surface area contributed by atoms with Gasteiger partial charge in [-0.15, -0.1) is 0 Å². The molecule has 2 heterocycles. The zero-order valence-electron chi connectivity index (χ0n) is 18.3. The van der Waals surface area contributed by atoms with Crippen LogP contribution in [0.5, 0.6) is 0 Å². The Morgan fingerprint density at radius 2 is 1.86 bits per heavy atom. The van der Waals surface area contributed by atoms with Crippen molar-refractivity contribution in [2.24, 2.45) is 22.2 Å². The van der Waals surface area contributed by atoms with Crippen LogP contribution in [0.25, 0.3) is 0 Å². The van der Waals surface area contributed by atoms with E-state index in [1.165, 1.54) is 32.1 Å². The molecular formula is C22H42N4O2. The first kappa shape index (κ1) is 21.8. The van der Waals surface area contributed by atoms with E-state index in [1.807, 2.05) is 7.05 Å². The Morgan fingerprint density at radius 1 is 1.11 bits per heavy atom. The van der Waals surface area contributed by atoms with Gasteiger partial charge < -0.3 is 20.1 Å². The van der Waals surface area contributed by atoms with E-state index >= 15 is 0 Å². The van der Waals surface area contributed by atoms with Crippen LogP contribution < -0.4 is 10.6 Å². The van der Waals surface area contributed by atoms with Crippen molar-refractivity contribution < 1.29 is 9.47 Å². The summed E-state index contributed by atoms with van der Waals surface area (Å²) in [6.07, 6.45) is 7.93. The molecule has 0 aromatic heterocycles. The Balaban J connectivity index is 1.53. The number of morpholine rings is 1. The average Bonchev–Trinajstić information content (AvgIpc) is 3.38. The highest BCUT2D eigenvalue weighted by Gasteiger charge is 2.35. The van der Waals surface area contributed by atoms with Crippen molar-refractivity contribution in [3.63, 3.8) is 0 Å². The number of ether oxygens (including phenoxy) is 2. The fourth-order valence-electron chi connectivity index (χ4n) is 5.50. The van der Waals surface area contributed by atoms with E-state index in [4.69, 9.17) is 9.47 Å². The van der Waals surface area contributed by atoms with Crippen LogP contribution in [0, 0.1) is 17.3 Å². The van der Waals surface area contributed by atoms with Gasteiger partial charge in [-0.3, -0.25) is 9.89 Å². The van der Waals surface area contributed by atoms with E-state index in [0.717, 1.165) is 70.9 Å². The van der Waals surface area contributed by atoms with Crippen molar-refractivity contribution in [3.05, 3.63) is 0 Å². The highest BCUT2D eigenvalue weighted by Crippen LogP contribution is 2.42. The van der Waals surface area contributed by atoms with Gasteiger partial charge in [0.1, 0.15) is 0 Å². The lowest BCUT2D eigenvalue weighted by Crippen LogP contribution is -2.54. The summed E-state index contributed by atoms with van der Waals surface area (Å²) in [7, 11) is 1.89. The van der Waals surface area contributed by atoms with Gasteiger partial charge >= 0.3 is 0 Å². The molecule has 1 aliphatic carbocycles. The average molecular weight is 395 g/mol. The topological polar surface area (TPSA) is 58.1 Å². The third-order valence-electron chi connectivity index (χ3n) is 6.86. The predicted octanol–water partition coefficient (Wildman–Crippen LogP) is 2.50. The summed E-state index contributed by atoms with van der Waals surface area (Å²) in [5.41, 5.74) is 0.453. The van der Waals surface area contributed by atoms with Crippen molar-refractivity contribution in [1.29, 1.82) is 0 Å². The molecule has 6 heteroatoms. The molecule has 3 aliphatic rings. The first-order chi connectivity index (χ1) is 13.6. The van der Waals surface area contributed by atoms with Gasteiger partial charge in [0.25, 0.3) is 0 Å². The van der Waals surface area contributed by atoms with Gasteiger partial charge in [0, 0.05) is 51.8 Å². The SMILES string of the molecule is CN=C(NCC(C1CCOC1)N1CCOCC1)NCC1(CC(C)C)CCCC1. The molecule has 0 radical (unpaired) electrons. The standard InChI is InChI=1S/C22H42N4O2/c1-18(2)14-22(7-4-5-8-22)17-25-21(23-3)24-15-20(19-6-11-28-16-19)26-9-12-27-13-10-26/h18-20H,4-17H2,1-3H3,(H2,23,24,25). The van der Waals surface area contributed by atoms with Crippen molar-refractivity contribution >= 4 is 5.96 Å². The minimum atomic E-state index is 0.453. The number of hydrogen-bond donors (Lipinski definition) is 2. The van der Waals surface area contributed by atoms with Crippen LogP contribution in [0.2, 0.25) is 0 Å². The summed E-state index contributed by atoms with van der Waals surface area (Å²) in [6, 6.07) is 0.487. The molecule has 2 atom stereocenters. The summed E-state index contributed by atoms with van der Waals surface area (Å²) >= 11 is 0. The normalized spacial score (nSPS) is 27.3. The zero-order chi connectivity index (χ0) is 19.8. The molecule has 28 heavy (non-hydrogen) atoms. The quantitative estimate of drug-likeness (QED) is 0.489. The molecule has 2 N–H and O–H groups in total. The summed E-state index contributed by atoms with van der Waals surface area (Å²) in [5, 5.41) is 7.31. The van der Waals surface area contributed by atoms with Gasteiger partial charge in [-0.2, -0.15) is 0 Å². The minimum absolute atomic E-state index is 0.453. The highest BCUT2D eigenvalue weighted by molar-refractivity contribution is 5.79. The number of nitrogens with zero attached hydrogens (tertiary/aromatic N) is 2. The van der Waals surface area contributed by atoms with E-state index in [2.05, 4.69) is 34.4 Å². The van der Waals surface area contributed by atoms with Crippen LogP contribution >= 0.6 is 0 Å². The summed E-state index contributed by atoms with van der Waals surface area (Å²) < 4.78 is 11.3. The predicted molar refractivity (Wildman–Crippen MR) is 115 cm³/mol. The second kappa shape index (κ2) is 10.8. The molecule has 2 aliphatic heterocycles. The molecule has 3 rings (SSSR count). The monoisotopic (exact) mass is 394 g/mol. The van der Waals surface area contributed by atoms with Crippen molar-refractivity contribution in [2.75, 3.05) is 59.7 Å². The van der Waals surface area contributed by atoms with E-state index in [-0.39, 0.29) is 0 Å². The van der Waals surface area contributed by atoms with Crippen LogP contribution in [-0.2, 0) is 9.47 Å². The lowest BCUT2D eigenvalue weighted by atomic mass is 9.78. The molecule has 0 aromatic rings. The molecule has 0 spiro atoms. The molecular weight excluding hydrogens is 352 g/mol. The second-order valence-electron chi connectivity index (χ2n) is 9.45.